The summed E-state index contributed by atoms with van der Waals surface area (Å²) in [4.78, 5) is 33.4. The lowest BCUT2D eigenvalue weighted by Crippen LogP contribution is -2.41. The smallest absolute Gasteiger partial charge is 0.290 e. The molecule has 0 saturated carbocycles. The molecule has 0 aliphatic carbocycles. The van der Waals surface area contributed by atoms with E-state index >= 15 is 0 Å². The summed E-state index contributed by atoms with van der Waals surface area (Å²) >= 11 is 0. The van der Waals surface area contributed by atoms with Gasteiger partial charge in [-0.05, 0) is 26.2 Å². The van der Waals surface area contributed by atoms with Gasteiger partial charge in [-0.2, -0.15) is 0 Å². The number of nitrogens with zero attached hydrogens (tertiary/aromatic N) is 4. The van der Waals surface area contributed by atoms with Gasteiger partial charge in [-0.1, -0.05) is 6.07 Å². The topological polar surface area (TPSA) is 79.2 Å². The minimum absolute atomic E-state index is 0.183. The Bertz CT molecular complexity index is 765. The maximum atomic E-state index is 12.8. The number of fused-ring (bicyclic) bond motifs is 1. The van der Waals surface area contributed by atoms with E-state index in [1.807, 2.05) is 31.1 Å². The van der Waals surface area contributed by atoms with E-state index in [0.29, 0.717) is 38.4 Å². The minimum atomic E-state index is -0.272. The van der Waals surface area contributed by atoms with Crippen molar-refractivity contribution in [1.82, 2.24) is 24.5 Å². The quantitative estimate of drug-likeness (QED) is 0.831. The molecule has 1 aliphatic rings. The number of rotatable bonds is 5. The lowest BCUT2D eigenvalue weighted by Gasteiger charge is -2.26. The van der Waals surface area contributed by atoms with Crippen molar-refractivity contribution in [3.05, 3.63) is 35.9 Å². The van der Waals surface area contributed by atoms with Crippen LogP contribution in [0.1, 0.15) is 21.1 Å². The Morgan fingerprint density at radius 1 is 1.28 bits per heavy atom. The molecule has 0 aromatic carbocycles. The van der Waals surface area contributed by atoms with Crippen LogP contribution in [0.2, 0.25) is 0 Å². The van der Waals surface area contributed by atoms with Crippen LogP contribution in [-0.4, -0.2) is 84.5 Å². The zero-order chi connectivity index (χ0) is 17.8. The Kier molecular flexibility index (Phi) is 5.30. The standard InChI is InChI=1S/C17H23N5O3/c1-20(2)8-6-18-16(23)14-13-5-3-4-7-22(13)15(19-14)17(24)21-9-11-25-12-10-21/h3-5,7H,6,8-12H2,1-2H3,(H,18,23). The second-order valence-corrected chi connectivity index (χ2v) is 6.20. The number of pyridine rings is 1. The van der Waals surface area contributed by atoms with Gasteiger partial charge >= 0.3 is 0 Å². The molecule has 1 fully saturated rings. The summed E-state index contributed by atoms with van der Waals surface area (Å²) in [5.74, 6) is -0.196. The zero-order valence-electron chi connectivity index (χ0n) is 14.6. The van der Waals surface area contributed by atoms with Crippen LogP contribution in [0.5, 0.6) is 0 Å². The maximum absolute atomic E-state index is 12.8. The first-order valence-corrected chi connectivity index (χ1v) is 8.35. The van der Waals surface area contributed by atoms with Gasteiger partial charge in [-0.25, -0.2) is 4.98 Å². The van der Waals surface area contributed by atoms with Gasteiger partial charge in [-0.3, -0.25) is 14.0 Å². The molecule has 134 valence electrons. The average Bonchev–Trinajstić information content (AvgIpc) is 3.01. The molecular weight excluding hydrogens is 322 g/mol. The van der Waals surface area contributed by atoms with Gasteiger partial charge in [-0.15, -0.1) is 0 Å². The summed E-state index contributed by atoms with van der Waals surface area (Å²) < 4.78 is 6.97. The number of nitrogens with one attached hydrogen (secondary N) is 1. The third kappa shape index (κ3) is 3.80. The SMILES string of the molecule is CN(C)CCNC(=O)c1nc(C(=O)N2CCOCC2)n2ccccc12. The second kappa shape index (κ2) is 7.62. The fraction of sp³-hybridized carbons (Fsp3) is 0.471. The number of aromatic nitrogens is 2. The first-order valence-electron chi connectivity index (χ1n) is 8.35. The molecule has 0 unspecified atom stereocenters. The number of hydrogen-bond donors (Lipinski definition) is 1. The van der Waals surface area contributed by atoms with Crippen LogP contribution in [0.4, 0.5) is 0 Å². The molecular formula is C17H23N5O3. The summed E-state index contributed by atoms with van der Waals surface area (Å²) in [5.41, 5.74) is 0.900. The predicted octanol–water partition coefficient (Wildman–Crippen LogP) is 0.0981. The summed E-state index contributed by atoms with van der Waals surface area (Å²) in [6.07, 6.45) is 1.76. The van der Waals surface area contributed by atoms with E-state index < -0.39 is 0 Å². The van der Waals surface area contributed by atoms with Crippen LogP contribution in [0.3, 0.4) is 0 Å². The highest BCUT2D eigenvalue weighted by molar-refractivity contribution is 6.02. The molecule has 0 radical (unpaired) electrons. The van der Waals surface area contributed by atoms with Crippen LogP contribution >= 0.6 is 0 Å². The molecule has 1 aliphatic heterocycles. The summed E-state index contributed by atoms with van der Waals surface area (Å²) in [5, 5.41) is 2.85. The van der Waals surface area contributed by atoms with Gasteiger partial charge in [0.1, 0.15) is 0 Å². The number of hydrogen-bond acceptors (Lipinski definition) is 5. The number of ether oxygens (including phenoxy) is 1. The predicted molar refractivity (Wildman–Crippen MR) is 92.8 cm³/mol. The maximum Gasteiger partial charge on any atom is 0.290 e. The third-order valence-corrected chi connectivity index (χ3v) is 4.10. The van der Waals surface area contributed by atoms with Crippen molar-refractivity contribution in [2.45, 2.75) is 0 Å². The Morgan fingerprint density at radius 3 is 2.76 bits per heavy atom. The summed E-state index contributed by atoms with van der Waals surface area (Å²) in [7, 11) is 3.88. The Balaban J connectivity index is 1.87. The number of amides is 2. The van der Waals surface area contributed by atoms with E-state index in [1.54, 1.807) is 21.6 Å². The molecule has 1 saturated heterocycles. The van der Waals surface area contributed by atoms with Crippen molar-refractivity contribution < 1.29 is 14.3 Å². The van der Waals surface area contributed by atoms with Gasteiger partial charge in [0, 0.05) is 32.4 Å². The Labute approximate surface area is 146 Å². The first-order chi connectivity index (χ1) is 12.1. The molecule has 0 spiro atoms. The van der Waals surface area contributed by atoms with Crippen molar-refractivity contribution in [1.29, 1.82) is 0 Å². The van der Waals surface area contributed by atoms with E-state index in [1.165, 1.54) is 0 Å². The van der Waals surface area contributed by atoms with Crippen LogP contribution in [0, 0.1) is 0 Å². The largest absolute Gasteiger partial charge is 0.378 e. The van der Waals surface area contributed by atoms with Crippen molar-refractivity contribution in [2.75, 3.05) is 53.5 Å². The Hall–Kier alpha value is -2.45. The van der Waals surface area contributed by atoms with Crippen LogP contribution in [-0.2, 0) is 4.74 Å². The van der Waals surface area contributed by atoms with E-state index in [9.17, 15) is 9.59 Å². The molecule has 0 atom stereocenters. The normalized spacial score (nSPS) is 14.9. The highest BCUT2D eigenvalue weighted by Crippen LogP contribution is 2.15. The van der Waals surface area contributed by atoms with E-state index in [0.717, 1.165) is 6.54 Å². The van der Waals surface area contributed by atoms with Crippen molar-refractivity contribution >= 4 is 17.3 Å². The second-order valence-electron chi connectivity index (χ2n) is 6.20. The van der Waals surface area contributed by atoms with Crippen LogP contribution < -0.4 is 5.32 Å². The number of likely N-dealkylation sites (N-methyl/N-ethyl adjacent to an activating group) is 1. The molecule has 8 heteroatoms. The first kappa shape index (κ1) is 17.4. The number of imidazole rings is 1. The van der Waals surface area contributed by atoms with E-state index in [-0.39, 0.29) is 23.3 Å². The van der Waals surface area contributed by atoms with Gasteiger partial charge < -0.3 is 19.9 Å². The van der Waals surface area contributed by atoms with E-state index in [4.69, 9.17) is 4.74 Å². The molecule has 2 aromatic heterocycles. The van der Waals surface area contributed by atoms with Crippen molar-refractivity contribution in [2.24, 2.45) is 0 Å². The number of carbonyl (C=O) groups excluding carboxylic acids is 2. The highest BCUT2D eigenvalue weighted by atomic mass is 16.5. The van der Waals surface area contributed by atoms with E-state index in [2.05, 4.69) is 10.3 Å². The lowest BCUT2D eigenvalue weighted by molar-refractivity contribution is 0.0294. The number of carbonyl (C=O) groups is 2. The lowest BCUT2D eigenvalue weighted by atomic mass is 10.3. The molecule has 2 aromatic rings. The van der Waals surface area contributed by atoms with Crippen molar-refractivity contribution in [3.8, 4) is 0 Å². The Morgan fingerprint density at radius 2 is 2.04 bits per heavy atom. The number of morpholine rings is 1. The minimum Gasteiger partial charge on any atom is -0.378 e. The molecule has 3 rings (SSSR count). The fourth-order valence-electron chi connectivity index (χ4n) is 2.74. The van der Waals surface area contributed by atoms with Gasteiger partial charge in [0.2, 0.25) is 5.82 Å². The monoisotopic (exact) mass is 345 g/mol. The fourth-order valence-corrected chi connectivity index (χ4v) is 2.74. The molecule has 1 N–H and O–H groups in total. The molecule has 3 heterocycles. The molecule has 8 nitrogen and oxygen atoms in total. The molecule has 25 heavy (non-hydrogen) atoms. The van der Waals surface area contributed by atoms with Gasteiger partial charge in [0.15, 0.2) is 5.69 Å². The van der Waals surface area contributed by atoms with Crippen LogP contribution in [0.15, 0.2) is 24.4 Å². The van der Waals surface area contributed by atoms with Gasteiger partial charge in [0.25, 0.3) is 11.8 Å². The summed E-state index contributed by atoms with van der Waals surface area (Å²) in [6, 6.07) is 5.44. The molecule has 0 bridgehead atoms. The molecule has 2 amide bonds. The van der Waals surface area contributed by atoms with Crippen molar-refractivity contribution in [3.63, 3.8) is 0 Å². The average molecular weight is 345 g/mol. The summed E-state index contributed by atoms with van der Waals surface area (Å²) in [6.45, 7) is 3.36. The zero-order valence-corrected chi connectivity index (χ0v) is 14.6. The third-order valence-electron chi connectivity index (χ3n) is 4.10. The highest BCUT2D eigenvalue weighted by Gasteiger charge is 2.26. The van der Waals surface area contributed by atoms with Gasteiger partial charge in [0.05, 0.1) is 18.7 Å². The van der Waals surface area contributed by atoms with Crippen LogP contribution in [0.25, 0.3) is 5.52 Å².